The first-order valence-corrected chi connectivity index (χ1v) is 6.05. The van der Waals surface area contributed by atoms with Gasteiger partial charge in [-0.3, -0.25) is 14.0 Å². The third kappa shape index (κ3) is 4.20. The van der Waals surface area contributed by atoms with Gasteiger partial charge in [0.05, 0.1) is 11.7 Å². The van der Waals surface area contributed by atoms with E-state index in [1.807, 2.05) is 6.07 Å². The molecule has 2 atom stereocenters. The second-order valence-electron chi connectivity index (χ2n) is 3.35. The number of carboxylic acid groups (broad SMARTS) is 1. The second-order valence-corrected chi connectivity index (χ2v) is 4.85. The van der Waals surface area contributed by atoms with Gasteiger partial charge < -0.3 is 5.11 Å². The van der Waals surface area contributed by atoms with Crippen molar-refractivity contribution in [2.45, 2.75) is 12.7 Å². The van der Waals surface area contributed by atoms with E-state index in [9.17, 15) is 9.00 Å². The topological polar surface area (TPSA) is 67.3 Å². The zero-order chi connectivity index (χ0) is 11.3. The molecule has 1 N–H and O–H groups in total. The van der Waals surface area contributed by atoms with Gasteiger partial charge in [-0.1, -0.05) is 13.0 Å². The van der Waals surface area contributed by atoms with Crippen molar-refractivity contribution in [3.8, 4) is 0 Å². The molecule has 0 fully saturated rings. The Bertz CT molecular complexity index is 353. The molecule has 0 saturated carbocycles. The number of nitrogens with zero attached hydrogens (tertiary/aromatic N) is 1. The number of carbonyl (C=O) groups is 1. The second kappa shape index (κ2) is 5.60. The predicted octanol–water partition coefficient (Wildman–Crippen LogP) is 1.05. The van der Waals surface area contributed by atoms with Crippen molar-refractivity contribution in [3.05, 3.63) is 30.1 Å². The summed E-state index contributed by atoms with van der Waals surface area (Å²) in [4.78, 5) is 14.4. The monoisotopic (exact) mass is 227 g/mol. The first kappa shape index (κ1) is 11.8. The molecule has 15 heavy (non-hydrogen) atoms. The van der Waals surface area contributed by atoms with Crippen molar-refractivity contribution < 1.29 is 14.1 Å². The van der Waals surface area contributed by atoms with Crippen LogP contribution in [0.5, 0.6) is 0 Å². The molecule has 0 aliphatic heterocycles. The molecule has 0 spiro atoms. The quantitative estimate of drug-likeness (QED) is 0.816. The van der Waals surface area contributed by atoms with Gasteiger partial charge in [0.15, 0.2) is 0 Å². The minimum Gasteiger partial charge on any atom is -0.481 e. The summed E-state index contributed by atoms with van der Waals surface area (Å²) in [5.41, 5.74) is 0.869. The molecule has 0 aliphatic rings. The van der Waals surface area contributed by atoms with Gasteiger partial charge in [0.25, 0.3) is 0 Å². The van der Waals surface area contributed by atoms with Crippen LogP contribution in [0.15, 0.2) is 24.5 Å². The lowest BCUT2D eigenvalue weighted by Crippen LogP contribution is -2.18. The van der Waals surface area contributed by atoms with Crippen LogP contribution in [0, 0.1) is 5.92 Å². The Balaban J connectivity index is 2.47. The van der Waals surface area contributed by atoms with Crippen LogP contribution in [0.1, 0.15) is 12.5 Å². The number of aliphatic carboxylic acids is 1. The average molecular weight is 227 g/mol. The summed E-state index contributed by atoms with van der Waals surface area (Å²) in [6.45, 7) is 1.56. The smallest absolute Gasteiger partial charge is 0.307 e. The fourth-order valence-corrected chi connectivity index (χ4v) is 2.44. The Morgan fingerprint density at radius 2 is 2.40 bits per heavy atom. The Kier molecular flexibility index (Phi) is 4.42. The molecule has 0 aromatic carbocycles. The van der Waals surface area contributed by atoms with Crippen LogP contribution < -0.4 is 0 Å². The van der Waals surface area contributed by atoms with Crippen molar-refractivity contribution in [1.82, 2.24) is 4.98 Å². The molecule has 0 saturated heterocycles. The molecule has 5 heteroatoms. The van der Waals surface area contributed by atoms with Gasteiger partial charge in [-0.05, 0) is 11.6 Å². The first-order valence-electron chi connectivity index (χ1n) is 4.56. The largest absolute Gasteiger partial charge is 0.481 e. The summed E-state index contributed by atoms with van der Waals surface area (Å²) in [6.07, 6.45) is 3.29. The van der Waals surface area contributed by atoms with Crippen LogP contribution in [0.2, 0.25) is 0 Å². The van der Waals surface area contributed by atoms with Crippen LogP contribution in [0.3, 0.4) is 0 Å². The molecule has 82 valence electrons. The minimum atomic E-state index is -1.14. The molecule has 1 heterocycles. The van der Waals surface area contributed by atoms with Gasteiger partial charge in [0.1, 0.15) is 0 Å². The Labute approximate surface area is 90.8 Å². The first-order chi connectivity index (χ1) is 7.09. The highest BCUT2D eigenvalue weighted by Crippen LogP contribution is 2.05. The van der Waals surface area contributed by atoms with Gasteiger partial charge >= 0.3 is 5.97 Å². The summed E-state index contributed by atoms with van der Waals surface area (Å²) in [6, 6.07) is 3.60. The van der Waals surface area contributed by atoms with Crippen molar-refractivity contribution >= 4 is 16.8 Å². The van der Waals surface area contributed by atoms with E-state index in [4.69, 9.17) is 5.11 Å². The SMILES string of the molecule is CC(CS(=O)Cc1cccnc1)C(=O)O. The summed E-state index contributed by atoms with van der Waals surface area (Å²) >= 11 is 0. The van der Waals surface area contributed by atoms with Crippen LogP contribution in [-0.2, 0) is 21.3 Å². The van der Waals surface area contributed by atoms with E-state index in [-0.39, 0.29) is 5.75 Å². The average Bonchev–Trinajstić information content (AvgIpc) is 2.18. The summed E-state index contributed by atoms with van der Waals surface area (Å²) in [7, 11) is -1.14. The molecule has 1 aromatic rings. The highest BCUT2D eigenvalue weighted by Gasteiger charge is 2.14. The number of hydrogen-bond donors (Lipinski definition) is 1. The lowest BCUT2D eigenvalue weighted by Gasteiger charge is -2.05. The molecule has 0 aliphatic carbocycles. The van der Waals surface area contributed by atoms with E-state index in [1.54, 1.807) is 25.4 Å². The van der Waals surface area contributed by atoms with Crippen molar-refractivity contribution in [2.75, 3.05) is 5.75 Å². The van der Waals surface area contributed by atoms with E-state index >= 15 is 0 Å². The highest BCUT2D eigenvalue weighted by molar-refractivity contribution is 7.84. The molecule has 1 rings (SSSR count). The van der Waals surface area contributed by atoms with E-state index in [1.165, 1.54) is 0 Å². The zero-order valence-electron chi connectivity index (χ0n) is 8.42. The molecule has 1 aromatic heterocycles. The van der Waals surface area contributed by atoms with Gasteiger partial charge in [-0.15, -0.1) is 0 Å². The number of pyridine rings is 1. The highest BCUT2D eigenvalue weighted by atomic mass is 32.2. The standard InChI is InChI=1S/C10H13NO3S/c1-8(10(12)13)6-15(14)7-9-3-2-4-11-5-9/h2-5,8H,6-7H2,1H3,(H,12,13). The number of rotatable bonds is 5. The molecular formula is C10H13NO3S. The number of hydrogen-bond acceptors (Lipinski definition) is 3. The van der Waals surface area contributed by atoms with Crippen molar-refractivity contribution in [2.24, 2.45) is 5.92 Å². The Hall–Kier alpha value is -1.23. The fourth-order valence-electron chi connectivity index (χ4n) is 1.08. The van der Waals surface area contributed by atoms with Gasteiger partial charge in [0, 0.05) is 28.9 Å². The van der Waals surface area contributed by atoms with E-state index in [0.717, 1.165) is 5.56 Å². The minimum absolute atomic E-state index is 0.185. The van der Waals surface area contributed by atoms with Crippen LogP contribution >= 0.6 is 0 Å². The summed E-state index contributed by atoms with van der Waals surface area (Å²) < 4.78 is 11.5. The lowest BCUT2D eigenvalue weighted by atomic mass is 10.2. The van der Waals surface area contributed by atoms with Crippen molar-refractivity contribution in [3.63, 3.8) is 0 Å². The van der Waals surface area contributed by atoms with E-state index in [2.05, 4.69) is 4.98 Å². The number of carboxylic acids is 1. The Morgan fingerprint density at radius 1 is 1.67 bits per heavy atom. The molecule has 0 bridgehead atoms. The molecule has 2 unspecified atom stereocenters. The summed E-state index contributed by atoms with van der Waals surface area (Å²) in [5, 5.41) is 8.65. The van der Waals surface area contributed by atoms with Gasteiger partial charge in [-0.2, -0.15) is 0 Å². The zero-order valence-corrected chi connectivity index (χ0v) is 9.24. The number of aromatic nitrogens is 1. The fraction of sp³-hybridized carbons (Fsp3) is 0.400. The maximum absolute atomic E-state index is 11.5. The van der Waals surface area contributed by atoms with Crippen LogP contribution in [-0.4, -0.2) is 26.0 Å². The summed E-state index contributed by atoms with van der Waals surface area (Å²) in [5.74, 6) is -0.924. The third-order valence-electron chi connectivity index (χ3n) is 1.91. The lowest BCUT2D eigenvalue weighted by molar-refractivity contribution is -0.140. The molecule has 4 nitrogen and oxygen atoms in total. The van der Waals surface area contributed by atoms with E-state index in [0.29, 0.717) is 5.75 Å². The maximum atomic E-state index is 11.5. The predicted molar refractivity (Wildman–Crippen MR) is 57.8 cm³/mol. The van der Waals surface area contributed by atoms with Gasteiger partial charge in [-0.25, -0.2) is 0 Å². The molecular weight excluding hydrogens is 214 g/mol. The Morgan fingerprint density at radius 3 is 2.93 bits per heavy atom. The van der Waals surface area contributed by atoms with E-state index < -0.39 is 22.7 Å². The maximum Gasteiger partial charge on any atom is 0.307 e. The third-order valence-corrected chi connectivity index (χ3v) is 3.44. The van der Waals surface area contributed by atoms with Crippen LogP contribution in [0.25, 0.3) is 0 Å². The molecule has 0 amide bonds. The van der Waals surface area contributed by atoms with Crippen LogP contribution in [0.4, 0.5) is 0 Å². The van der Waals surface area contributed by atoms with Gasteiger partial charge in [0.2, 0.25) is 0 Å². The normalized spacial score (nSPS) is 14.5. The molecule has 0 radical (unpaired) electrons. The van der Waals surface area contributed by atoms with Crippen molar-refractivity contribution in [1.29, 1.82) is 0 Å².